The maximum absolute atomic E-state index is 11.7. The number of aliphatic hydroxyl groups excluding tert-OH is 1. The number of rotatable bonds is 4. The van der Waals surface area contributed by atoms with Gasteiger partial charge in [-0.1, -0.05) is 18.2 Å². The zero-order chi connectivity index (χ0) is 12.8. The number of carbonyl (C=O) groups is 1. The van der Waals surface area contributed by atoms with E-state index in [0.29, 0.717) is 19.6 Å². The predicted octanol–water partition coefficient (Wildman–Crippen LogP) is 1.19. The number of aliphatic hydroxyl groups is 1. The third kappa shape index (κ3) is 3.13. The largest absolute Gasteiger partial charge is 0.493 e. The molecule has 1 aliphatic heterocycles. The molecule has 3 N–H and O–H groups in total. The van der Waals surface area contributed by atoms with E-state index >= 15 is 0 Å². The maximum atomic E-state index is 11.7. The van der Waals surface area contributed by atoms with Gasteiger partial charge in [0.05, 0.1) is 12.6 Å². The predicted molar refractivity (Wildman–Crippen MR) is 67.5 cm³/mol. The summed E-state index contributed by atoms with van der Waals surface area (Å²) in [5, 5.41) is 14.3. The molecule has 0 fully saturated rings. The SMILES string of the molecule is O=C(NCCCO)N[C@@H]1CCOc2ccccc21. The van der Waals surface area contributed by atoms with Gasteiger partial charge >= 0.3 is 6.03 Å². The zero-order valence-electron chi connectivity index (χ0n) is 10.2. The van der Waals surface area contributed by atoms with Crippen LogP contribution in [0.3, 0.4) is 0 Å². The molecule has 0 spiro atoms. The fraction of sp³-hybridized carbons (Fsp3) is 0.462. The number of urea groups is 1. The Hall–Kier alpha value is -1.75. The van der Waals surface area contributed by atoms with Gasteiger partial charge in [0.2, 0.25) is 0 Å². The molecule has 0 radical (unpaired) electrons. The second kappa shape index (κ2) is 6.26. The topological polar surface area (TPSA) is 70.6 Å². The van der Waals surface area contributed by atoms with Crippen LogP contribution in [0.15, 0.2) is 24.3 Å². The minimum atomic E-state index is -0.204. The van der Waals surface area contributed by atoms with Crippen LogP contribution in [0.2, 0.25) is 0 Å². The van der Waals surface area contributed by atoms with Crippen LogP contribution >= 0.6 is 0 Å². The smallest absolute Gasteiger partial charge is 0.315 e. The van der Waals surface area contributed by atoms with Crippen molar-refractivity contribution in [1.29, 1.82) is 0 Å². The highest BCUT2D eigenvalue weighted by Crippen LogP contribution is 2.31. The summed E-state index contributed by atoms with van der Waals surface area (Å²) < 4.78 is 5.53. The van der Waals surface area contributed by atoms with Gasteiger partial charge < -0.3 is 20.5 Å². The second-order valence-electron chi connectivity index (χ2n) is 4.20. The molecule has 2 rings (SSSR count). The van der Waals surface area contributed by atoms with E-state index in [1.807, 2.05) is 24.3 Å². The standard InChI is InChI=1S/C13H18N2O3/c16-8-3-7-14-13(17)15-11-6-9-18-12-5-2-1-4-10(11)12/h1-2,4-5,11,16H,3,6-9H2,(H2,14,15,17)/t11-/m1/s1. The van der Waals surface area contributed by atoms with Crippen molar-refractivity contribution in [3.05, 3.63) is 29.8 Å². The van der Waals surface area contributed by atoms with Crippen LogP contribution in [-0.4, -0.2) is 30.9 Å². The summed E-state index contributed by atoms with van der Waals surface area (Å²) in [5.74, 6) is 0.837. The molecule has 0 saturated heterocycles. The Labute approximate surface area is 106 Å². The third-order valence-corrected chi connectivity index (χ3v) is 2.88. The summed E-state index contributed by atoms with van der Waals surface area (Å²) in [6, 6.07) is 7.52. The van der Waals surface area contributed by atoms with Crippen LogP contribution in [0.25, 0.3) is 0 Å². The van der Waals surface area contributed by atoms with E-state index in [4.69, 9.17) is 9.84 Å². The molecule has 0 bridgehead atoms. The number of benzene rings is 1. The van der Waals surface area contributed by atoms with E-state index in [9.17, 15) is 4.79 Å². The van der Waals surface area contributed by atoms with Gasteiger partial charge in [0.1, 0.15) is 5.75 Å². The first kappa shape index (κ1) is 12.7. The lowest BCUT2D eigenvalue weighted by Crippen LogP contribution is -2.40. The molecule has 18 heavy (non-hydrogen) atoms. The van der Waals surface area contributed by atoms with Gasteiger partial charge in [0, 0.05) is 25.1 Å². The van der Waals surface area contributed by atoms with E-state index in [1.54, 1.807) is 0 Å². The van der Waals surface area contributed by atoms with Crippen molar-refractivity contribution in [3.63, 3.8) is 0 Å². The molecule has 1 aromatic carbocycles. The minimum absolute atomic E-state index is 0.0101. The Morgan fingerprint density at radius 3 is 3.11 bits per heavy atom. The summed E-state index contributed by atoms with van der Waals surface area (Å²) in [4.78, 5) is 11.7. The normalized spacial score (nSPS) is 17.5. The average Bonchev–Trinajstić information content (AvgIpc) is 2.39. The van der Waals surface area contributed by atoms with Crippen LogP contribution < -0.4 is 15.4 Å². The summed E-state index contributed by atoms with van der Waals surface area (Å²) >= 11 is 0. The molecule has 5 nitrogen and oxygen atoms in total. The van der Waals surface area contributed by atoms with Crippen molar-refractivity contribution < 1.29 is 14.6 Å². The molecule has 5 heteroatoms. The number of hydrogen-bond donors (Lipinski definition) is 3. The molecular formula is C13H18N2O3. The van der Waals surface area contributed by atoms with Crippen molar-refractivity contribution in [2.75, 3.05) is 19.8 Å². The molecular weight excluding hydrogens is 232 g/mol. The molecule has 1 atom stereocenters. The first-order chi connectivity index (χ1) is 8.81. The van der Waals surface area contributed by atoms with Crippen LogP contribution in [0, 0.1) is 0 Å². The highest BCUT2D eigenvalue weighted by molar-refractivity contribution is 5.74. The summed E-state index contributed by atoms with van der Waals surface area (Å²) in [5.41, 5.74) is 1.01. The van der Waals surface area contributed by atoms with Gasteiger partial charge in [-0.2, -0.15) is 0 Å². The van der Waals surface area contributed by atoms with E-state index < -0.39 is 0 Å². The Bertz CT molecular complexity index is 409. The van der Waals surface area contributed by atoms with Gasteiger partial charge in [0.15, 0.2) is 0 Å². The first-order valence-electron chi connectivity index (χ1n) is 6.18. The lowest BCUT2D eigenvalue weighted by atomic mass is 10.0. The van der Waals surface area contributed by atoms with Gasteiger partial charge in [-0.15, -0.1) is 0 Å². The van der Waals surface area contributed by atoms with Gasteiger partial charge in [0.25, 0.3) is 0 Å². The molecule has 1 aromatic rings. The van der Waals surface area contributed by atoms with Crippen molar-refractivity contribution in [3.8, 4) is 5.75 Å². The molecule has 0 unspecified atom stereocenters. The highest BCUT2D eigenvalue weighted by atomic mass is 16.5. The summed E-state index contributed by atoms with van der Waals surface area (Å²) in [6.07, 6.45) is 1.34. The fourth-order valence-electron chi connectivity index (χ4n) is 1.98. The van der Waals surface area contributed by atoms with Gasteiger partial charge in [-0.3, -0.25) is 0 Å². The molecule has 1 aliphatic rings. The molecule has 0 saturated carbocycles. The molecule has 98 valence electrons. The minimum Gasteiger partial charge on any atom is -0.493 e. The molecule has 0 aromatic heterocycles. The van der Waals surface area contributed by atoms with Crippen LogP contribution in [0.5, 0.6) is 5.75 Å². The highest BCUT2D eigenvalue weighted by Gasteiger charge is 2.22. The zero-order valence-corrected chi connectivity index (χ0v) is 10.2. The van der Waals surface area contributed by atoms with Crippen LogP contribution in [0.4, 0.5) is 4.79 Å². The lowest BCUT2D eigenvalue weighted by Gasteiger charge is -2.26. The Morgan fingerprint density at radius 1 is 1.44 bits per heavy atom. The van der Waals surface area contributed by atoms with Crippen molar-refractivity contribution in [2.45, 2.75) is 18.9 Å². The Balaban J connectivity index is 1.92. The summed E-state index contributed by atoms with van der Waals surface area (Å²) in [6.45, 7) is 1.17. The molecule has 1 heterocycles. The van der Waals surface area contributed by atoms with Crippen molar-refractivity contribution in [2.24, 2.45) is 0 Å². The number of carbonyl (C=O) groups excluding carboxylic acids is 1. The maximum Gasteiger partial charge on any atom is 0.315 e. The number of fused-ring (bicyclic) bond motifs is 1. The number of ether oxygens (including phenoxy) is 1. The van der Waals surface area contributed by atoms with E-state index in [2.05, 4.69) is 10.6 Å². The quantitative estimate of drug-likeness (QED) is 0.703. The van der Waals surface area contributed by atoms with Gasteiger partial charge in [-0.25, -0.2) is 4.79 Å². The molecule has 0 aliphatic carbocycles. The monoisotopic (exact) mass is 250 g/mol. The number of nitrogens with one attached hydrogen (secondary N) is 2. The lowest BCUT2D eigenvalue weighted by molar-refractivity contribution is 0.222. The Morgan fingerprint density at radius 2 is 2.28 bits per heavy atom. The summed E-state index contributed by atoms with van der Waals surface area (Å²) in [7, 11) is 0. The van der Waals surface area contributed by atoms with E-state index in [-0.39, 0.29) is 18.7 Å². The first-order valence-corrected chi connectivity index (χ1v) is 6.18. The number of hydrogen-bond acceptors (Lipinski definition) is 3. The van der Waals surface area contributed by atoms with Crippen LogP contribution in [0.1, 0.15) is 24.4 Å². The number of para-hydroxylation sites is 1. The second-order valence-corrected chi connectivity index (χ2v) is 4.20. The van der Waals surface area contributed by atoms with Crippen molar-refractivity contribution in [1.82, 2.24) is 10.6 Å². The third-order valence-electron chi connectivity index (χ3n) is 2.88. The van der Waals surface area contributed by atoms with Gasteiger partial charge in [-0.05, 0) is 12.5 Å². The fourth-order valence-corrected chi connectivity index (χ4v) is 1.98. The number of amides is 2. The average molecular weight is 250 g/mol. The van der Waals surface area contributed by atoms with E-state index in [1.165, 1.54) is 0 Å². The van der Waals surface area contributed by atoms with Crippen LogP contribution in [-0.2, 0) is 0 Å². The molecule has 2 amide bonds. The Kier molecular flexibility index (Phi) is 4.41. The van der Waals surface area contributed by atoms with E-state index in [0.717, 1.165) is 17.7 Å². The van der Waals surface area contributed by atoms with Crippen molar-refractivity contribution >= 4 is 6.03 Å².